The van der Waals surface area contributed by atoms with E-state index in [1.165, 1.54) is 6.08 Å². The lowest BCUT2D eigenvalue weighted by Crippen LogP contribution is -2.17. The molecular formula is C18H18N2O2S. The zero-order chi connectivity index (χ0) is 16.7. The number of hydrogen-bond acceptors (Lipinski definition) is 3. The minimum absolute atomic E-state index is 0.132. The summed E-state index contributed by atoms with van der Waals surface area (Å²) in [4.78, 5) is 24.5. The van der Waals surface area contributed by atoms with E-state index in [1.807, 2.05) is 30.5 Å². The highest BCUT2D eigenvalue weighted by molar-refractivity contribution is 7.98. The van der Waals surface area contributed by atoms with E-state index in [1.54, 1.807) is 49.2 Å². The molecule has 2 aromatic carbocycles. The molecule has 0 spiro atoms. The van der Waals surface area contributed by atoms with E-state index in [4.69, 9.17) is 0 Å². The molecule has 0 aliphatic heterocycles. The highest BCUT2D eigenvalue weighted by Gasteiger charge is 2.02. The summed E-state index contributed by atoms with van der Waals surface area (Å²) >= 11 is 1.65. The van der Waals surface area contributed by atoms with Gasteiger partial charge >= 0.3 is 0 Å². The van der Waals surface area contributed by atoms with Crippen LogP contribution in [0.1, 0.15) is 15.9 Å². The second-order valence-corrected chi connectivity index (χ2v) is 5.63. The molecule has 0 aromatic heterocycles. The quantitative estimate of drug-likeness (QED) is 0.654. The van der Waals surface area contributed by atoms with Gasteiger partial charge in [-0.25, -0.2) is 0 Å². The molecule has 0 bridgehead atoms. The normalized spacial score (nSPS) is 10.5. The topological polar surface area (TPSA) is 58.2 Å². The summed E-state index contributed by atoms with van der Waals surface area (Å²) in [5, 5.41) is 5.37. The number of carbonyl (C=O) groups excluding carboxylic acids is 2. The molecule has 23 heavy (non-hydrogen) atoms. The number of thioether (sulfide) groups is 1. The smallest absolute Gasteiger partial charge is 0.251 e. The first kappa shape index (κ1) is 16.8. The molecule has 0 aliphatic rings. The Morgan fingerprint density at radius 3 is 2.22 bits per heavy atom. The van der Waals surface area contributed by atoms with E-state index in [9.17, 15) is 9.59 Å². The second kappa shape index (κ2) is 8.19. The molecule has 118 valence electrons. The Bertz CT molecular complexity index is 707. The average molecular weight is 326 g/mol. The Hall–Kier alpha value is -2.53. The average Bonchev–Trinajstić information content (AvgIpc) is 2.60. The SMILES string of the molecule is CNC(=O)c1ccc(/C=C/C(=O)Nc2ccc(SC)cc2)cc1. The van der Waals surface area contributed by atoms with Crippen LogP contribution in [-0.2, 0) is 4.79 Å². The Morgan fingerprint density at radius 2 is 1.65 bits per heavy atom. The second-order valence-electron chi connectivity index (χ2n) is 4.75. The van der Waals surface area contributed by atoms with Crippen molar-refractivity contribution in [3.63, 3.8) is 0 Å². The van der Waals surface area contributed by atoms with Gasteiger partial charge in [0.05, 0.1) is 0 Å². The number of hydrogen-bond donors (Lipinski definition) is 2. The third-order valence-electron chi connectivity index (χ3n) is 3.18. The van der Waals surface area contributed by atoms with Gasteiger partial charge in [0.15, 0.2) is 0 Å². The third-order valence-corrected chi connectivity index (χ3v) is 3.93. The first-order chi connectivity index (χ1) is 11.1. The van der Waals surface area contributed by atoms with Crippen LogP contribution in [0.3, 0.4) is 0 Å². The van der Waals surface area contributed by atoms with Crippen LogP contribution in [0.2, 0.25) is 0 Å². The number of benzene rings is 2. The first-order valence-corrected chi connectivity index (χ1v) is 8.30. The van der Waals surface area contributed by atoms with Crippen LogP contribution in [0.25, 0.3) is 6.08 Å². The molecule has 0 fully saturated rings. The van der Waals surface area contributed by atoms with E-state index in [-0.39, 0.29) is 11.8 Å². The highest BCUT2D eigenvalue weighted by atomic mass is 32.2. The molecule has 0 saturated heterocycles. The summed E-state index contributed by atoms with van der Waals surface area (Å²) in [6.07, 6.45) is 5.18. The molecule has 2 N–H and O–H groups in total. The van der Waals surface area contributed by atoms with Gasteiger partial charge in [-0.1, -0.05) is 12.1 Å². The molecule has 0 aliphatic carbocycles. The van der Waals surface area contributed by atoms with Crippen molar-refractivity contribution in [1.82, 2.24) is 5.32 Å². The first-order valence-electron chi connectivity index (χ1n) is 7.07. The summed E-state index contributed by atoms with van der Waals surface area (Å²) in [6.45, 7) is 0. The highest BCUT2D eigenvalue weighted by Crippen LogP contribution is 2.17. The summed E-state index contributed by atoms with van der Waals surface area (Å²) in [5.74, 6) is -0.329. The van der Waals surface area contributed by atoms with Gasteiger partial charge in [-0.3, -0.25) is 9.59 Å². The maximum Gasteiger partial charge on any atom is 0.251 e. The van der Waals surface area contributed by atoms with Crippen LogP contribution < -0.4 is 10.6 Å². The van der Waals surface area contributed by atoms with Gasteiger partial charge in [0.25, 0.3) is 5.91 Å². The summed E-state index contributed by atoms with van der Waals surface area (Å²) < 4.78 is 0. The molecule has 2 rings (SSSR count). The van der Waals surface area contributed by atoms with Crippen LogP contribution in [0.5, 0.6) is 0 Å². The van der Waals surface area contributed by atoms with Crippen LogP contribution in [0, 0.1) is 0 Å². The number of anilines is 1. The molecule has 0 heterocycles. The maximum atomic E-state index is 11.9. The van der Waals surface area contributed by atoms with E-state index >= 15 is 0 Å². The van der Waals surface area contributed by atoms with Crippen molar-refractivity contribution in [2.75, 3.05) is 18.6 Å². The Morgan fingerprint density at radius 1 is 1.00 bits per heavy atom. The fraction of sp³-hybridized carbons (Fsp3) is 0.111. The van der Waals surface area contributed by atoms with Crippen molar-refractivity contribution in [2.24, 2.45) is 0 Å². The monoisotopic (exact) mass is 326 g/mol. The van der Waals surface area contributed by atoms with Gasteiger partial charge in [-0.05, 0) is 54.3 Å². The molecule has 0 atom stereocenters. The summed E-state index contributed by atoms with van der Waals surface area (Å²) in [7, 11) is 1.59. The minimum Gasteiger partial charge on any atom is -0.355 e. The van der Waals surface area contributed by atoms with Crippen LogP contribution in [0.4, 0.5) is 5.69 Å². The van der Waals surface area contributed by atoms with Gasteiger partial charge in [0, 0.05) is 29.3 Å². The molecule has 0 unspecified atom stereocenters. The third kappa shape index (κ3) is 5.00. The number of rotatable bonds is 5. The van der Waals surface area contributed by atoms with Crippen molar-refractivity contribution in [1.29, 1.82) is 0 Å². The molecule has 0 saturated carbocycles. The van der Waals surface area contributed by atoms with Crippen LogP contribution in [0.15, 0.2) is 59.5 Å². The van der Waals surface area contributed by atoms with Gasteiger partial charge in [0.2, 0.25) is 5.91 Å². The number of carbonyl (C=O) groups is 2. The predicted octanol–water partition coefficient (Wildman–Crippen LogP) is 3.42. The van der Waals surface area contributed by atoms with Crippen molar-refractivity contribution in [3.8, 4) is 0 Å². The molecule has 2 amide bonds. The van der Waals surface area contributed by atoms with Crippen LogP contribution >= 0.6 is 11.8 Å². The predicted molar refractivity (Wildman–Crippen MR) is 95.7 cm³/mol. The van der Waals surface area contributed by atoms with E-state index < -0.39 is 0 Å². The van der Waals surface area contributed by atoms with E-state index in [0.717, 1.165) is 16.1 Å². The van der Waals surface area contributed by atoms with E-state index in [0.29, 0.717) is 5.56 Å². The fourth-order valence-corrected chi connectivity index (χ4v) is 2.33. The molecule has 2 aromatic rings. The Balaban J connectivity index is 1.96. The Labute approximate surface area is 140 Å². The lowest BCUT2D eigenvalue weighted by molar-refractivity contribution is -0.111. The molecular weight excluding hydrogens is 308 g/mol. The largest absolute Gasteiger partial charge is 0.355 e. The molecule has 5 heteroatoms. The van der Waals surface area contributed by atoms with Gasteiger partial charge < -0.3 is 10.6 Å². The number of amides is 2. The zero-order valence-corrected chi connectivity index (χ0v) is 13.8. The Kier molecular flexibility index (Phi) is 6.00. The van der Waals surface area contributed by atoms with Crippen molar-refractivity contribution < 1.29 is 9.59 Å². The summed E-state index contributed by atoms with van der Waals surface area (Å²) in [5.41, 5.74) is 2.20. The van der Waals surface area contributed by atoms with Crippen molar-refractivity contribution in [2.45, 2.75) is 4.90 Å². The minimum atomic E-state index is -0.197. The zero-order valence-electron chi connectivity index (χ0n) is 13.0. The fourth-order valence-electron chi connectivity index (χ4n) is 1.92. The molecule has 4 nitrogen and oxygen atoms in total. The van der Waals surface area contributed by atoms with Crippen molar-refractivity contribution >= 4 is 35.3 Å². The lowest BCUT2D eigenvalue weighted by atomic mass is 10.1. The number of nitrogens with one attached hydrogen (secondary N) is 2. The standard InChI is InChI=1S/C18H18N2O2S/c1-19-18(22)14-6-3-13(4-7-14)5-12-17(21)20-15-8-10-16(23-2)11-9-15/h3-12H,1-2H3,(H,19,22)(H,20,21)/b12-5+. The van der Waals surface area contributed by atoms with Gasteiger partial charge in [-0.2, -0.15) is 0 Å². The van der Waals surface area contributed by atoms with Crippen LogP contribution in [-0.4, -0.2) is 25.1 Å². The molecule has 0 radical (unpaired) electrons. The van der Waals surface area contributed by atoms with Gasteiger partial charge in [-0.15, -0.1) is 11.8 Å². The lowest BCUT2D eigenvalue weighted by Gasteiger charge is -2.03. The van der Waals surface area contributed by atoms with Gasteiger partial charge in [0.1, 0.15) is 0 Å². The van der Waals surface area contributed by atoms with E-state index in [2.05, 4.69) is 10.6 Å². The maximum absolute atomic E-state index is 11.9. The summed E-state index contributed by atoms with van der Waals surface area (Å²) in [6, 6.07) is 14.7. The van der Waals surface area contributed by atoms with Crippen molar-refractivity contribution in [3.05, 3.63) is 65.7 Å².